The Labute approximate surface area is 98.4 Å². The van der Waals surface area contributed by atoms with Crippen LogP contribution in [0.3, 0.4) is 0 Å². The number of carbonyl (C=O) groups excluding carboxylic acids is 1. The molecular weight excluding hydrogens is 233 g/mol. The number of nitrogens with zero attached hydrogens (tertiary/aromatic N) is 1. The van der Waals surface area contributed by atoms with Gasteiger partial charge < -0.3 is 0 Å². The van der Waals surface area contributed by atoms with Crippen LogP contribution in [0.25, 0.3) is 0 Å². The van der Waals surface area contributed by atoms with Crippen molar-refractivity contribution in [1.82, 2.24) is 0 Å². The summed E-state index contributed by atoms with van der Waals surface area (Å²) < 4.78 is 1.87. The molecule has 15 heavy (non-hydrogen) atoms. The van der Waals surface area contributed by atoms with Crippen molar-refractivity contribution in [2.24, 2.45) is 7.05 Å². The summed E-state index contributed by atoms with van der Waals surface area (Å²) in [6.07, 6.45) is 6.19. The van der Waals surface area contributed by atoms with E-state index in [2.05, 4.69) is 0 Å². The van der Waals surface area contributed by atoms with Crippen LogP contribution in [-0.2, 0) is 7.05 Å². The zero-order chi connectivity index (χ0) is 11.3. The van der Waals surface area contributed by atoms with Crippen LogP contribution in [0.1, 0.15) is 10.5 Å². The number of carbonyl (C=O) groups is 1. The molecule has 0 aliphatic rings. The second kappa shape index (κ2) is 5.69. The molecule has 1 aromatic rings. The number of aryl methyl sites for hydroxylation is 1. The molecule has 0 fully saturated rings. The quantitative estimate of drug-likeness (QED) is 0.346. The molecule has 1 heterocycles. The smallest absolute Gasteiger partial charge is 0.252 e. The van der Waals surface area contributed by atoms with E-state index in [0.29, 0.717) is 5.69 Å². The Balaban J connectivity index is 2.83. The van der Waals surface area contributed by atoms with Crippen LogP contribution < -0.4 is 4.57 Å². The van der Waals surface area contributed by atoms with Gasteiger partial charge in [0.25, 0.3) is 5.69 Å². The predicted octanol–water partition coefficient (Wildman–Crippen LogP) is 2.57. The van der Waals surface area contributed by atoms with Gasteiger partial charge >= 0.3 is 0 Å². The molecular formula is C11H10Cl2NO+. The van der Waals surface area contributed by atoms with Crippen LogP contribution in [0.15, 0.2) is 47.1 Å². The Morgan fingerprint density at radius 2 is 2.13 bits per heavy atom. The van der Waals surface area contributed by atoms with Crippen molar-refractivity contribution in [2.75, 3.05) is 0 Å². The SMILES string of the molecule is C[n+]1ccccc1C(=O)/C=C/C=C(Cl)Cl. The Kier molecular flexibility index (Phi) is 4.53. The van der Waals surface area contributed by atoms with Gasteiger partial charge in [0, 0.05) is 12.1 Å². The molecule has 0 atom stereocenters. The molecule has 0 saturated carbocycles. The maximum Gasteiger partial charge on any atom is 0.252 e. The fraction of sp³-hybridized carbons (Fsp3) is 0.0909. The highest BCUT2D eigenvalue weighted by Gasteiger charge is 2.11. The molecule has 0 aliphatic heterocycles. The van der Waals surface area contributed by atoms with Crippen molar-refractivity contribution in [3.05, 3.63) is 52.8 Å². The van der Waals surface area contributed by atoms with Crippen LogP contribution in [0.4, 0.5) is 0 Å². The zero-order valence-electron chi connectivity index (χ0n) is 8.15. The van der Waals surface area contributed by atoms with Crippen molar-refractivity contribution < 1.29 is 9.36 Å². The number of allylic oxidation sites excluding steroid dienone is 3. The van der Waals surface area contributed by atoms with E-state index in [1.165, 1.54) is 18.2 Å². The molecule has 0 N–H and O–H groups in total. The number of ketones is 1. The minimum Gasteiger partial charge on any atom is -0.282 e. The van der Waals surface area contributed by atoms with E-state index >= 15 is 0 Å². The van der Waals surface area contributed by atoms with Crippen LogP contribution in [0.2, 0.25) is 0 Å². The van der Waals surface area contributed by atoms with Crippen LogP contribution >= 0.6 is 23.2 Å². The van der Waals surface area contributed by atoms with Gasteiger partial charge in [0.15, 0.2) is 6.20 Å². The average Bonchev–Trinajstić information content (AvgIpc) is 2.17. The monoisotopic (exact) mass is 242 g/mol. The third-order valence-electron chi connectivity index (χ3n) is 1.78. The number of hydrogen-bond acceptors (Lipinski definition) is 1. The maximum atomic E-state index is 11.6. The lowest BCUT2D eigenvalue weighted by Crippen LogP contribution is -2.34. The first-order valence-corrected chi connectivity index (χ1v) is 5.05. The van der Waals surface area contributed by atoms with Gasteiger partial charge in [-0.3, -0.25) is 4.79 Å². The number of hydrogen-bond donors (Lipinski definition) is 0. The normalized spacial score (nSPS) is 10.3. The fourth-order valence-electron chi connectivity index (χ4n) is 1.07. The first-order valence-electron chi connectivity index (χ1n) is 4.29. The predicted molar refractivity (Wildman–Crippen MR) is 60.9 cm³/mol. The Bertz CT molecular complexity index is 420. The van der Waals surface area contributed by atoms with Crippen LogP contribution in [-0.4, -0.2) is 5.78 Å². The lowest BCUT2D eigenvalue weighted by molar-refractivity contribution is -0.673. The van der Waals surface area contributed by atoms with Gasteiger partial charge in [0.05, 0.1) is 0 Å². The zero-order valence-corrected chi connectivity index (χ0v) is 9.66. The van der Waals surface area contributed by atoms with Gasteiger partial charge in [-0.2, -0.15) is 4.57 Å². The maximum absolute atomic E-state index is 11.6. The van der Waals surface area contributed by atoms with Crippen LogP contribution in [0.5, 0.6) is 0 Å². The van der Waals surface area contributed by atoms with E-state index in [-0.39, 0.29) is 10.3 Å². The van der Waals surface area contributed by atoms with E-state index in [4.69, 9.17) is 23.2 Å². The highest BCUT2D eigenvalue weighted by Crippen LogP contribution is 2.05. The van der Waals surface area contributed by atoms with Gasteiger partial charge in [-0.1, -0.05) is 29.3 Å². The summed E-state index contributed by atoms with van der Waals surface area (Å²) in [6.45, 7) is 0. The van der Waals surface area contributed by atoms with Gasteiger partial charge in [0.1, 0.15) is 11.5 Å². The molecule has 0 aliphatic carbocycles. The molecule has 0 saturated heterocycles. The first kappa shape index (κ1) is 12.0. The van der Waals surface area contributed by atoms with E-state index in [1.807, 2.05) is 25.4 Å². The van der Waals surface area contributed by atoms with Gasteiger partial charge in [-0.05, 0) is 18.2 Å². The topological polar surface area (TPSA) is 20.9 Å². The van der Waals surface area contributed by atoms with Crippen molar-refractivity contribution in [3.63, 3.8) is 0 Å². The Morgan fingerprint density at radius 1 is 1.40 bits per heavy atom. The molecule has 0 spiro atoms. The fourth-order valence-corrected chi connectivity index (χ4v) is 1.22. The third-order valence-corrected chi connectivity index (χ3v) is 2.03. The minimum atomic E-state index is -0.0936. The van der Waals surface area contributed by atoms with Crippen molar-refractivity contribution >= 4 is 29.0 Å². The summed E-state index contributed by atoms with van der Waals surface area (Å²) in [5.41, 5.74) is 0.604. The molecule has 0 radical (unpaired) electrons. The lowest BCUT2D eigenvalue weighted by Gasteiger charge is -1.93. The van der Waals surface area contributed by atoms with Crippen LogP contribution in [0, 0.1) is 0 Å². The molecule has 4 heteroatoms. The summed E-state index contributed by atoms with van der Waals surface area (Å²) in [7, 11) is 1.81. The minimum absolute atomic E-state index is 0.0936. The molecule has 0 bridgehead atoms. The Hall–Kier alpha value is -1.12. The summed E-state index contributed by atoms with van der Waals surface area (Å²) in [5, 5.41) is 0. The number of halogens is 2. The van der Waals surface area contributed by atoms with Gasteiger partial charge in [-0.15, -0.1) is 0 Å². The van der Waals surface area contributed by atoms with E-state index in [0.717, 1.165) is 0 Å². The van der Waals surface area contributed by atoms with Gasteiger partial charge in [-0.25, -0.2) is 0 Å². The molecule has 78 valence electrons. The number of aromatic nitrogens is 1. The summed E-state index contributed by atoms with van der Waals surface area (Å²) in [5.74, 6) is -0.0936. The molecule has 0 amide bonds. The molecule has 2 nitrogen and oxygen atoms in total. The standard InChI is InChI=1S/C11H10Cl2NO/c1-14-8-3-2-5-9(14)10(15)6-4-7-11(12)13/h2-8H,1H3/q+1/b6-4+. The summed E-state index contributed by atoms with van der Waals surface area (Å²) in [4.78, 5) is 11.6. The highest BCUT2D eigenvalue weighted by molar-refractivity contribution is 6.56. The average molecular weight is 243 g/mol. The number of rotatable bonds is 3. The van der Waals surface area contributed by atoms with Gasteiger partial charge in [0.2, 0.25) is 5.78 Å². The molecule has 0 aromatic carbocycles. The van der Waals surface area contributed by atoms with E-state index in [9.17, 15) is 4.79 Å². The summed E-state index contributed by atoms with van der Waals surface area (Å²) >= 11 is 10.8. The number of pyridine rings is 1. The highest BCUT2D eigenvalue weighted by atomic mass is 35.5. The second-order valence-electron chi connectivity index (χ2n) is 2.88. The Morgan fingerprint density at radius 3 is 2.73 bits per heavy atom. The molecule has 1 rings (SSSR count). The summed E-state index contributed by atoms with van der Waals surface area (Å²) in [6, 6.07) is 5.42. The van der Waals surface area contributed by atoms with Crippen molar-refractivity contribution in [1.29, 1.82) is 0 Å². The third kappa shape index (κ3) is 3.86. The molecule has 0 unspecified atom stereocenters. The first-order chi connectivity index (χ1) is 7.11. The lowest BCUT2D eigenvalue weighted by atomic mass is 10.2. The second-order valence-corrected chi connectivity index (χ2v) is 3.88. The van der Waals surface area contributed by atoms with E-state index in [1.54, 1.807) is 10.6 Å². The molecule has 1 aromatic heterocycles. The largest absolute Gasteiger partial charge is 0.282 e. The van der Waals surface area contributed by atoms with E-state index < -0.39 is 0 Å². The van der Waals surface area contributed by atoms with Crippen molar-refractivity contribution in [3.8, 4) is 0 Å². The van der Waals surface area contributed by atoms with Crippen molar-refractivity contribution in [2.45, 2.75) is 0 Å².